The van der Waals surface area contributed by atoms with E-state index in [9.17, 15) is 33.8 Å². The Labute approximate surface area is 168 Å². The highest BCUT2D eigenvalue weighted by atomic mass is 19.3. The Bertz CT molecular complexity index is 984. The molecule has 0 bridgehead atoms. The normalized spacial score (nSPS) is 11.7. The number of nitrogens with zero attached hydrogens (tertiary/aromatic N) is 3. The third kappa shape index (κ3) is 4.77. The van der Waals surface area contributed by atoms with Gasteiger partial charge in [-0.3, -0.25) is 25.0 Å². The molecule has 2 aromatic rings. The van der Waals surface area contributed by atoms with Crippen LogP contribution in [0.15, 0.2) is 36.4 Å². The third-order valence-electron chi connectivity index (χ3n) is 4.39. The first kappa shape index (κ1) is 22.5. The number of methoxy groups -OCH3 is 1. The Hall–Kier alpha value is -3.83. The van der Waals surface area contributed by atoms with Crippen LogP contribution in [-0.2, 0) is 0 Å². The highest BCUT2D eigenvalue weighted by molar-refractivity contribution is 5.99. The molecule has 0 aliphatic heterocycles. The van der Waals surface area contributed by atoms with E-state index < -0.39 is 45.4 Å². The van der Waals surface area contributed by atoms with Gasteiger partial charge in [-0.1, -0.05) is 12.1 Å². The second-order valence-corrected chi connectivity index (χ2v) is 6.10. The summed E-state index contributed by atoms with van der Waals surface area (Å²) in [4.78, 5) is 35.0. The second-order valence-electron chi connectivity index (χ2n) is 6.10. The lowest BCUT2D eigenvalue weighted by atomic mass is 10.0. The molecule has 12 heteroatoms. The van der Waals surface area contributed by atoms with Crippen molar-refractivity contribution in [3.05, 3.63) is 67.8 Å². The van der Waals surface area contributed by atoms with E-state index in [2.05, 4.69) is 4.74 Å². The van der Waals surface area contributed by atoms with Gasteiger partial charge in [0.15, 0.2) is 11.5 Å². The average Bonchev–Trinajstić information content (AvgIpc) is 2.71. The van der Waals surface area contributed by atoms with E-state index in [4.69, 9.17) is 4.74 Å². The first-order valence-corrected chi connectivity index (χ1v) is 8.39. The summed E-state index contributed by atoms with van der Waals surface area (Å²) < 4.78 is 34.3. The van der Waals surface area contributed by atoms with Gasteiger partial charge in [-0.15, -0.1) is 0 Å². The summed E-state index contributed by atoms with van der Waals surface area (Å²) >= 11 is 0. The molecule has 0 radical (unpaired) electrons. The average molecular weight is 425 g/mol. The zero-order valence-corrected chi connectivity index (χ0v) is 16.1. The van der Waals surface area contributed by atoms with Gasteiger partial charge in [0.05, 0.1) is 29.1 Å². The minimum atomic E-state index is -3.25. The number of amides is 1. The van der Waals surface area contributed by atoms with Crippen LogP contribution in [0, 0.1) is 20.2 Å². The Morgan fingerprint density at radius 2 is 1.77 bits per heavy atom. The standard InChI is InChI=1S/C18H17F2N3O7/c1-10(11-5-4-6-12(7-11)22(25)26)21(2)17(24)13-8-15(29-3)16(30-18(19)20)9-14(13)23(27)28/h4-10,18H,1-3H3. The predicted molar refractivity (Wildman–Crippen MR) is 99.9 cm³/mol. The summed E-state index contributed by atoms with van der Waals surface area (Å²) in [6.45, 7) is -1.68. The van der Waals surface area contributed by atoms with Gasteiger partial charge in [-0.2, -0.15) is 8.78 Å². The van der Waals surface area contributed by atoms with Crippen molar-refractivity contribution in [2.45, 2.75) is 19.6 Å². The molecule has 0 saturated carbocycles. The molecular weight excluding hydrogens is 408 g/mol. The van der Waals surface area contributed by atoms with Crippen LogP contribution in [0.4, 0.5) is 20.2 Å². The summed E-state index contributed by atoms with van der Waals surface area (Å²) in [7, 11) is 2.48. The summed E-state index contributed by atoms with van der Waals surface area (Å²) in [5.41, 5.74) is -0.929. The van der Waals surface area contributed by atoms with E-state index in [1.165, 1.54) is 25.2 Å². The number of carbonyl (C=O) groups is 1. The fourth-order valence-electron chi connectivity index (χ4n) is 2.71. The molecule has 160 valence electrons. The van der Waals surface area contributed by atoms with Gasteiger partial charge in [-0.25, -0.2) is 0 Å². The van der Waals surface area contributed by atoms with Crippen molar-refractivity contribution in [1.29, 1.82) is 0 Å². The Kier molecular flexibility index (Phi) is 6.82. The molecule has 30 heavy (non-hydrogen) atoms. The molecule has 0 fully saturated rings. The topological polar surface area (TPSA) is 125 Å². The molecule has 0 aromatic heterocycles. The maximum Gasteiger partial charge on any atom is 0.387 e. The fourth-order valence-corrected chi connectivity index (χ4v) is 2.71. The minimum Gasteiger partial charge on any atom is -0.493 e. The smallest absolute Gasteiger partial charge is 0.387 e. The molecule has 0 spiro atoms. The number of rotatable bonds is 8. The van der Waals surface area contributed by atoms with Crippen LogP contribution in [0.25, 0.3) is 0 Å². The zero-order valence-electron chi connectivity index (χ0n) is 16.1. The van der Waals surface area contributed by atoms with Crippen molar-refractivity contribution >= 4 is 17.3 Å². The van der Waals surface area contributed by atoms with Crippen LogP contribution in [0.2, 0.25) is 0 Å². The number of carbonyl (C=O) groups excluding carboxylic acids is 1. The van der Waals surface area contributed by atoms with E-state index in [-0.39, 0.29) is 11.4 Å². The highest BCUT2D eigenvalue weighted by Crippen LogP contribution is 2.37. The molecule has 0 aliphatic carbocycles. The van der Waals surface area contributed by atoms with Gasteiger partial charge >= 0.3 is 6.61 Å². The highest BCUT2D eigenvalue weighted by Gasteiger charge is 2.30. The van der Waals surface area contributed by atoms with Crippen molar-refractivity contribution in [2.24, 2.45) is 0 Å². The Morgan fingerprint density at radius 1 is 1.10 bits per heavy atom. The molecular formula is C18H17F2N3O7. The number of ether oxygens (including phenoxy) is 2. The number of nitro benzene ring substituents is 2. The molecule has 0 aliphatic rings. The fraction of sp³-hybridized carbons (Fsp3) is 0.278. The van der Waals surface area contributed by atoms with Crippen molar-refractivity contribution in [2.75, 3.05) is 14.2 Å². The Morgan fingerprint density at radius 3 is 2.30 bits per heavy atom. The van der Waals surface area contributed by atoms with Crippen LogP contribution < -0.4 is 9.47 Å². The van der Waals surface area contributed by atoms with Gasteiger partial charge in [0.25, 0.3) is 17.3 Å². The van der Waals surface area contributed by atoms with Gasteiger partial charge in [0, 0.05) is 25.2 Å². The first-order valence-electron chi connectivity index (χ1n) is 8.39. The predicted octanol–water partition coefficient (Wildman–Crippen LogP) is 3.95. The minimum absolute atomic E-state index is 0.179. The molecule has 1 amide bonds. The van der Waals surface area contributed by atoms with Gasteiger partial charge in [0.2, 0.25) is 0 Å². The number of hydrogen-bond acceptors (Lipinski definition) is 7. The second kappa shape index (κ2) is 9.11. The van der Waals surface area contributed by atoms with E-state index in [1.807, 2.05) is 0 Å². The third-order valence-corrected chi connectivity index (χ3v) is 4.39. The SMILES string of the molecule is COc1cc(C(=O)N(C)C(C)c2cccc([N+](=O)[O-])c2)c([N+](=O)[O-])cc1OC(F)F. The summed E-state index contributed by atoms with van der Waals surface area (Å²) in [5, 5.41) is 22.4. The van der Waals surface area contributed by atoms with E-state index >= 15 is 0 Å². The number of non-ortho nitro benzene ring substituents is 1. The monoisotopic (exact) mass is 425 g/mol. The molecule has 1 atom stereocenters. The molecule has 0 saturated heterocycles. The molecule has 1 unspecified atom stereocenters. The van der Waals surface area contributed by atoms with Crippen LogP contribution in [-0.4, -0.2) is 41.4 Å². The number of nitro groups is 2. The van der Waals surface area contributed by atoms with Gasteiger partial charge < -0.3 is 14.4 Å². The van der Waals surface area contributed by atoms with Crippen LogP contribution in [0.3, 0.4) is 0 Å². The van der Waals surface area contributed by atoms with Gasteiger partial charge in [-0.05, 0) is 12.5 Å². The van der Waals surface area contributed by atoms with E-state index in [0.717, 1.165) is 18.1 Å². The summed E-state index contributed by atoms with van der Waals surface area (Å²) in [6, 6.07) is 6.51. The largest absolute Gasteiger partial charge is 0.493 e. The molecule has 10 nitrogen and oxygen atoms in total. The number of benzene rings is 2. The van der Waals surface area contributed by atoms with E-state index in [0.29, 0.717) is 11.6 Å². The number of alkyl halides is 2. The van der Waals surface area contributed by atoms with Crippen LogP contribution >= 0.6 is 0 Å². The van der Waals surface area contributed by atoms with Crippen molar-refractivity contribution in [3.63, 3.8) is 0 Å². The quantitative estimate of drug-likeness (QED) is 0.463. The summed E-state index contributed by atoms with van der Waals surface area (Å²) in [6.07, 6.45) is 0. The summed E-state index contributed by atoms with van der Waals surface area (Å²) in [5.74, 6) is -1.70. The Balaban J connectivity index is 2.46. The van der Waals surface area contributed by atoms with Crippen molar-refractivity contribution in [3.8, 4) is 11.5 Å². The van der Waals surface area contributed by atoms with Crippen molar-refractivity contribution < 1.29 is 32.9 Å². The molecule has 2 rings (SSSR count). The lowest BCUT2D eigenvalue weighted by Crippen LogP contribution is -2.30. The zero-order chi connectivity index (χ0) is 22.6. The van der Waals surface area contributed by atoms with Crippen molar-refractivity contribution in [1.82, 2.24) is 4.90 Å². The molecule has 0 N–H and O–H groups in total. The maximum atomic E-state index is 12.9. The lowest BCUT2D eigenvalue weighted by molar-refractivity contribution is -0.385. The maximum absolute atomic E-state index is 12.9. The van der Waals surface area contributed by atoms with Crippen LogP contribution in [0.1, 0.15) is 28.9 Å². The number of hydrogen-bond donors (Lipinski definition) is 0. The molecule has 0 heterocycles. The first-order chi connectivity index (χ1) is 14.1. The van der Waals surface area contributed by atoms with Crippen LogP contribution in [0.5, 0.6) is 11.5 Å². The molecule has 2 aromatic carbocycles. The lowest BCUT2D eigenvalue weighted by Gasteiger charge is -2.25. The number of halogens is 2. The van der Waals surface area contributed by atoms with E-state index in [1.54, 1.807) is 13.0 Å². The van der Waals surface area contributed by atoms with Gasteiger partial charge in [0.1, 0.15) is 5.56 Å².